The summed E-state index contributed by atoms with van der Waals surface area (Å²) in [5.41, 5.74) is 5.92. The highest BCUT2D eigenvalue weighted by molar-refractivity contribution is 9.10. The Morgan fingerprint density at radius 2 is 2.17 bits per heavy atom. The van der Waals surface area contributed by atoms with E-state index in [4.69, 9.17) is 10.5 Å². The van der Waals surface area contributed by atoms with Crippen LogP contribution in [0.3, 0.4) is 0 Å². The summed E-state index contributed by atoms with van der Waals surface area (Å²) in [7, 11) is 1.45. The predicted octanol–water partition coefficient (Wildman–Crippen LogP) is 3.16. The molecule has 0 aliphatic heterocycles. The lowest BCUT2D eigenvalue weighted by Crippen LogP contribution is -2.41. The second-order valence-electron chi connectivity index (χ2n) is 6.93. The molecular weight excluding hydrogens is 360 g/mol. The van der Waals surface area contributed by atoms with E-state index in [1.54, 1.807) is 6.20 Å². The highest BCUT2D eigenvalue weighted by Gasteiger charge is 2.58. The standard InChI is InChI=1S/C16H21BrN4O2/c1-15(2)9(5-6-16(15,3)14(22)23-4)13-20-11(17)10-12(18)19-7-8-21(10)13/h7-9H,5-6H2,1-4H3,(H2,18,19)/t9-,16+/m0/s1. The number of fused-ring (bicyclic) bond motifs is 1. The van der Waals surface area contributed by atoms with Gasteiger partial charge in [-0.15, -0.1) is 0 Å². The molecule has 0 radical (unpaired) electrons. The molecule has 1 fully saturated rings. The maximum absolute atomic E-state index is 12.4. The van der Waals surface area contributed by atoms with Gasteiger partial charge in [-0.25, -0.2) is 9.97 Å². The number of methoxy groups -OCH3 is 1. The van der Waals surface area contributed by atoms with E-state index in [9.17, 15) is 4.79 Å². The van der Waals surface area contributed by atoms with Gasteiger partial charge < -0.3 is 10.5 Å². The number of carbonyl (C=O) groups is 1. The first-order chi connectivity index (χ1) is 10.7. The number of imidazole rings is 1. The zero-order chi connectivity index (χ0) is 17.0. The van der Waals surface area contributed by atoms with E-state index in [0.717, 1.165) is 24.2 Å². The molecule has 2 N–H and O–H groups in total. The van der Waals surface area contributed by atoms with Gasteiger partial charge in [-0.2, -0.15) is 0 Å². The van der Waals surface area contributed by atoms with Gasteiger partial charge in [0.2, 0.25) is 0 Å². The van der Waals surface area contributed by atoms with E-state index in [2.05, 4.69) is 39.7 Å². The fourth-order valence-corrected chi connectivity index (χ4v) is 4.41. The number of nitrogens with zero attached hydrogens (tertiary/aromatic N) is 3. The average molecular weight is 381 g/mol. The van der Waals surface area contributed by atoms with Gasteiger partial charge in [0.1, 0.15) is 15.9 Å². The van der Waals surface area contributed by atoms with Crippen molar-refractivity contribution in [2.75, 3.05) is 12.8 Å². The van der Waals surface area contributed by atoms with Crippen LogP contribution < -0.4 is 5.73 Å². The third-order valence-electron chi connectivity index (χ3n) is 5.74. The first-order valence-corrected chi connectivity index (χ1v) is 8.39. The van der Waals surface area contributed by atoms with Crippen LogP contribution in [0.25, 0.3) is 5.52 Å². The minimum absolute atomic E-state index is 0.118. The van der Waals surface area contributed by atoms with Crippen molar-refractivity contribution in [3.8, 4) is 0 Å². The maximum Gasteiger partial charge on any atom is 0.312 e. The second kappa shape index (κ2) is 5.19. The molecule has 0 amide bonds. The van der Waals surface area contributed by atoms with Gasteiger partial charge in [0.25, 0.3) is 0 Å². The van der Waals surface area contributed by atoms with E-state index >= 15 is 0 Å². The fourth-order valence-electron chi connectivity index (χ4n) is 3.83. The summed E-state index contributed by atoms with van der Waals surface area (Å²) in [6.07, 6.45) is 5.17. The summed E-state index contributed by atoms with van der Waals surface area (Å²) in [6.45, 7) is 6.21. The molecular formula is C16H21BrN4O2. The lowest BCUT2D eigenvalue weighted by molar-refractivity contribution is -0.157. The number of carbonyl (C=O) groups excluding carboxylic acids is 1. The van der Waals surface area contributed by atoms with Crippen molar-refractivity contribution in [3.05, 3.63) is 22.8 Å². The predicted molar refractivity (Wildman–Crippen MR) is 91.0 cm³/mol. The number of hydrogen-bond donors (Lipinski definition) is 1. The highest BCUT2D eigenvalue weighted by Crippen LogP contribution is 2.60. The third-order valence-corrected chi connectivity index (χ3v) is 6.29. The van der Waals surface area contributed by atoms with Gasteiger partial charge >= 0.3 is 5.97 Å². The van der Waals surface area contributed by atoms with Crippen molar-refractivity contribution >= 4 is 33.2 Å². The molecule has 2 aromatic heterocycles. The summed E-state index contributed by atoms with van der Waals surface area (Å²) in [4.78, 5) is 21.2. The minimum Gasteiger partial charge on any atom is -0.469 e. The van der Waals surface area contributed by atoms with Crippen LogP contribution >= 0.6 is 15.9 Å². The molecule has 1 aliphatic rings. The molecule has 23 heavy (non-hydrogen) atoms. The first kappa shape index (κ1) is 16.2. The second-order valence-corrected chi connectivity index (χ2v) is 7.68. The molecule has 0 aromatic carbocycles. The van der Waals surface area contributed by atoms with Gasteiger partial charge in [-0.3, -0.25) is 9.20 Å². The number of rotatable bonds is 2. The summed E-state index contributed by atoms with van der Waals surface area (Å²) in [6, 6.07) is 0. The smallest absolute Gasteiger partial charge is 0.312 e. The van der Waals surface area contributed by atoms with Gasteiger partial charge in [0.05, 0.1) is 12.5 Å². The molecule has 1 aliphatic carbocycles. The highest BCUT2D eigenvalue weighted by atomic mass is 79.9. The van der Waals surface area contributed by atoms with Crippen molar-refractivity contribution in [2.24, 2.45) is 10.8 Å². The summed E-state index contributed by atoms with van der Waals surface area (Å²) in [5, 5.41) is 0. The molecule has 3 rings (SSSR count). The number of anilines is 1. The van der Waals surface area contributed by atoms with Crippen molar-refractivity contribution in [2.45, 2.75) is 39.5 Å². The van der Waals surface area contributed by atoms with Crippen LogP contribution in [0, 0.1) is 10.8 Å². The minimum atomic E-state index is -0.538. The average Bonchev–Trinajstić information content (AvgIpc) is 2.95. The molecule has 1 saturated carbocycles. The fraction of sp³-hybridized carbons (Fsp3) is 0.562. The van der Waals surface area contributed by atoms with E-state index in [1.165, 1.54) is 7.11 Å². The largest absolute Gasteiger partial charge is 0.469 e. The summed E-state index contributed by atoms with van der Waals surface area (Å²) < 4.78 is 7.72. The van der Waals surface area contributed by atoms with Crippen molar-refractivity contribution in [1.29, 1.82) is 0 Å². The van der Waals surface area contributed by atoms with Crippen LogP contribution in [0.4, 0.5) is 5.82 Å². The van der Waals surface area contributed by atoms with Crippen LogP contribution in [-0.2, 0) is 9.53 Å². The number of halogens is 1. The Hall–Kier alpha value is -1.63. The van der Waals surface area contributed by atoms with Gasteiger partial charge in [0.15, 0.2) is 5.82 Å². The molecule has 2 heterocycles. The topological polar surface area (TPSA) is 82.5 Å². The number of esters is 1. The molecule has 0 saturated heterocycles. The molecule has 124 valence electrons. The number of aromatic nitrogens is 3. The lowest BCUT2D eigenvalue weighted by atomic mass is 9.65. The molecule has 7 heteroatoms. The van der Waals surface area contributed by atoms with E-state index in [1.807, 2.05) is 17.5 Å². The Morgan fingerprint density at radius 1 is 1.48 bits per heavy atom. The molecule has 2 atom stereocenters. The van der Waals surface area contributed by atoms with Crippen LogP contribution in [0.2, 0.25) is 0 Å². The Bertz CT molecular complexity index is 786. The van der Waals surface area contributed by atoms with Crippen LogP contribution in [0.5, 0.6) is 0 Å². The summed E-state index contributed by atoms with van der Waals surface area (Å²) >= 11 is 3.48. The van der Waals surface area contributed by atoms with Crippen LogP contribution in [-0.4, -0.2) is 27.4 Å². The van der Waals surface area contributed by atoms with Gasteiger partial charge in [-0.1, -0.05) is 13.8 Å². The first-order valence-electron chi connectivity index (χ1n) is 7.60. The number of ether oxygens (including phenoxy) is 1. The molecule has 6 nitrogen and oxygen atoms in total. The van der Waals surface area contributed by atoms with Crippen LogP contribution in [0.1, 0.15) is 45.4 Å². The third kappa shape index (κ3) is 2.09. The number of hydrogen-bond acceptors (Lipinski definition) is 5. The Labute approximate surface area is 143 Å². The monoisotopic (exact) mass is 380 g/mol. The van der Waals surface area contributed by atoms with Crippen LogP contribution in [0.15, 0.2) is 17.0 Å². The zero-order valence-electron chi connectivity index (χ0n) is 13.8. The molecule has 0 unspecified atom stereocenters. The maximum atomic E-state index is 12.4. The number of nitrogens with two attached hydrogens (primary N) is 1. The quantitative estimate of drug-likeness (QED) is 0.808. The molecule has 0 spiro atoms. The Morgan fingerprint density at radius 3 is 2.83 bits per heavy atom. The van der Waals surface area contributed by atoms with Gasteiger partial charge in [-0.05, 0) is 41.1 Å². The van der Waals surface area contributed by atoms with Crippen molar-refractivity contribution < 1.29 is 9.53 Å². The van der Waals surface area contributed by atoms with E-state index in [-0.39, 0.29) is 17.3 Å². The lowest BCUT2D eigenvalue weighted by Gasteiger charge is -2.38. The Kier molecular flexibility index (Phi) is 3.66. The van der Waals surface area contributed by atoms with Crippen molar-refractivity contribution in [1.82, 2.24) is 14.4 Å². The zero-order valence-corrected chi connectivity index (χ0v) is 15.3. The van der Waals surface area contributed by atoms with Gasteiger partial charge in [0, 0.05) is 18.3 Å². The van der Waals surface area contributed by atoms with Crippen molar-refractivity contribution in [3.63, 3.8) is 0 Å². The summed E-state index contributed by atoms with van der Waals surface area (Å²) in [5.74, 6) is 1.29. The molecule has 2 aromatic rings. The molecule has 0 bridgehead atoms. The Balaban J connectivity index is 2.14. The van der Waals surface area contributed by atoms with E-state index in [0.29, 0.717) is 10.4 Å². The van der Waals surface area contributed by atoms with E-state index < -0.39 is 5.41 Å². The SMILES string of the molecule is COC(=O)[C@@]1(C)CC[C@@H](c2nc(Br)c3c(N)nccn23)C1(C)C. The normalized spacial score (nSPS) is 26.6. The number of nitrogen functional groups attached to an aromatic ring is 1.